The smallest absolute Gasteiger partial charge is 0.272 e. The van der Waals surface area contributed by atoms with E-state index in [0.717, 1.165) is 11.3 Å². The fourth-order valence-electron chi connectivity index (χ4n) is 2.49. The van der Waals surface area contributed by atoms with Gasteiger partial charge in [0.15, 0.2) is 11.5 Å². The van der Waals surface area contributed by atoms with Crippen LogP contribution in [-0.4, -0.2) is 21.1 Å². The van der Waals surface area contributed by atoms with Crippen molar-refractivity contribution in [2.24, 2.45) is 0 Å². The van der Waals surface area contributed by atoms with Gasteiger partial charge in [-0.25, -0.2) is 0 Å². The molecule has 0 aliphatic heterocycles. The van der Waals surface area contributed by atoms with Gasteiger partial charge in [-0.3, -0.25) is 9.78 Å². The molecule has 0 bridgehead atoms. The number of hydrogen-bond acceptors (Lipinski definition) is 5. The number of nitrogens with one attached hydrogen (secondary N) is 2. The topological polar surface area (TPSA) is 79.8 Å². The Kier molecular flexibility index (Phi) is 4.99. The molecule has 1 amide bonds. The van der Waals surface area contributed by atoms with Crippen LogP contribution in [0.1, 0.15) is 27.2 Å². The number of rotatable bonds is 5. The highest BCUT2D eigenvalue weighted by Crippen LogP contribution is 2.17. The van der Waals surface area contributed by atoms with Crippen molar-refractivity contribution in [3.8, 4) is 0 Å². The molecule has 0 radical (unpaired) electrons. The summed E-state index contributed by atoms with van der Waals surface area (Å²) in [7, 11) is 0. The highest BCUT2D eigenvalue weighted by atomic mass is 16.1. The number of aromatic nitrogens is 3. The van der Waals surface area contributed by atoms with E-state index in [1.165, 1.54) is 11.1 Å². The Bertz CT molecular complexity index is 842. The molecule has 6 nitrogen and oxygen atoms in total. The Labute approximate surface area is 146 Å². The number of carbonyl (C=O) groups excluding carboxylic acids is 1. The van der Waals surface area contributed by atoms with Crippen molar-refractivity contribution >= 4 is 17.4 Å². The third kappa shape index (κ3) is 4.60. The first kappa shape index (κ1) is 16.6. The van der Waals surface area contributed by atoms with Crippen LogP contribution in [0.2, 0.25) is 0 Å². The van der Waals surface area contributed by atoms with E-state index in [-0.39, 0.29) is 11.6 Å². The lowest BCUT2D eigenvalue weighted by atomic mass is 10.1. The quantitative estimate of drug-likeness (QED) is 0.750. The lowest BCUT2D eigenvalue weighted by Crippen LogP contribution is -2.24. The molecule has 0 spiro atoms. The van der Waals surface area contributed by atoms with Gasteiger partial charge in [0.05, 0.1) is 0 Å². The monoisotopic (exact) mass is 333 g/mol. The maximum atomic E-state index is 12.1. The second-order valence-electron chi connectivity index (χ2n) is 5.84. The van der Waals surface area contributed by atoms with Crippen molar-refractivity contribution in [1.29, 1.82) is 0 Å². The third-order valence-corrected chi connectivity index (χ3v) is 3.59. The average Bonchev–Trinajstić information content (AvgIpc) is 2.60. The maximum absolute atomic E-state index is 12.1. The number of hydrogen-bond donors (Lipinski definition) is 2. The summed E-state index contributed by atoms with van der Waals surface area (Å²) in [6, 6.07) is 13.3. The standard InChI is InChI=1S/C19H19N5O/c1-13-9-14(2)11-16(10-13)22-18-4-3-17(23-24-18)19(25)21-12-15-5-7-20-8-6-15/h3-11H,12H2,1-2H3,(H,21,25)(H,22,24). The summed E-state index contributed by atoms with van der Waals surface area (Å²) in [5, 5.41) is 14.1. The minimum atomic E-state index is -0.262. The van der Waals surface area contributed by atoms with Gasteiger partial charge in [0.25, 0.3) is 5.91 Å². The van der Waals surface area contributed by atoms with Crippen LogP contribution in [0.3, 0.4) is 0 Å². The maximum Gasteiger partial charge on any atom is 0.272 e. The van der Waals surface area contributed by atoms with Crippen LogP contribution < -0.4 is 10.6 Å². The van der Waals surface area contributed by atoms with Crippen molar-refractivity contribution in [3.63, 3.8) is 0 Å². The summed E-state index contributed by atoms with van der Waals surface area (Å²) in [6.45, 7) is 4.51. The van der Waals surface area contributed by atoms with E-state index in [2.05, 4.69) is 31.9 Å². The van der Waals surface area contributed by atoms with Gasteiger partial charge in [0, 0.05) is 24.6 Å². The molecule has 2 aromatic heterocycles. The highest BCUT2D eigenvalue weighted by molar-refractivity contribution is 5.92. The Morgan fingerprint density at radius 3 is 2.32 bits per heavy atom. The first-order valence-corrected chi connectivity index (χ1v) is 7.96. The minimum absolute atomic E-state index is 0.262. The fourth-order valence-corrected chi connectivity index (χ4v) is 2.49. The number of benzene rings is 1. The van der Waals surface area contributed by atoms with Gasteiger partial charge in [-0.1, -0.05) is 6.07 Å². The van der Waals surface area contributed by atoms with E-state index in [0.29, 0.717) is 12.4 Å². The van der Waals surface area contributed by atoms with Crippen molar-refractivity contribution in [1.82, 2.24) is 20.5 Å². The Morgan fingerprint density at radius 2 is 1.68 bits per heavy atom. The molecule has 25 heavy (non-hydrogen) atoms. The largest absolute Gasteiger partial charge is 0.347 e. The number of amides is 1. The summed E-state index contributed by atoms with van der Waals surface area (Å²) in [5.74, 6) is 0.331. The lowest BCUT2D eigenvalue weighted by molar-refractivity contribution is 0.0945. The molecule has 0 fully saturated rings. The van der Waals surface area contributed by atoms with Crippen molar-refractivity contribution in [2.45, 2.75) is 20.4 Å². The number of nitrogens with zero attached hydrogens (tertiary/aromatic N) is 3. The summed E-state index contributed by atoms with van der Waals surface area (Å²) in [5.41, 5.74) is 4.54. The Balaban J connectivity index is 1.62. The third-order valence-electron chi connectivity index (χ3n) is 3.59. The van der Waals surface area contributed by atoms with E-state index in [9.17, 15) is 4.79 Å². The molecule has 0 saturated carbocycles. The van der Waals surface area contributed by atoms with Crippen LogP contribution >= 0.6 is 0 Å². The molecule has 0 aliphatic carbocycles. The molecule has 0 unspecified atom stereocenters. The molecule has 2 N–H and O–H groups in total. The van der Waals surface area contributed by atoms with Crippen LogP contribution in [0.25, 0.3) is 0 Å². The van der Waals surface area contributed by atoms with Crippen LogP contribution in [0.15, 0.2) is 54.9 Å². The first-order chi connectivity index (χ1) is 12.1. The molecule has 2 heterocycles. The minimum Gasteiger partial charge on any atom is -0.347 e. The van der Waals surface area contributed by atoms with Crippen LogP contribution in [0.5, 0.6) is 0 Å². The number of carbonyl (C=O) groups is 1. The molecule has 0 aliphatic rings. The SMILES string of the molecule is Cc1cc(C)cc(Nc2ccc(C(=O)NCc3ccncc3)nn2)c1. The van der Waals surface area contributed by atoms with Gasteiger partial charge in [-0.05, 0) is 66.9 Å². The van der Waals surface area contributed by atoms with E-state index in [4.69, 9.17) is 0 Å². The zero-order chi connectivity index (χ0) is 17.6. The van der Waals surface area contributed by atoms with Gasteiger partial charge >= 0.3 is 0 Å². The molecule has 0 atom stereocenters. The van der Waals surface area contributed by atoms with Crippen LogP contribution in [-0.2, 0) is 6.54 Å². The number of anilines is 2. The molecule has 3 rings (SSSR count). The lowest BCUT2D eigenvalue weighted by Gasteiger charge is -2.08. The average molecular weight is 333 g/mol. The van der Waals surface area contributed by atoms with Crippen molar-refractivity contribution in [2.75, 3.05) is 5.32 Å². The first-order valence-electron chi connectivity index (χ1n) is 7.96. The van der Waals surface area contributed by atoms with Gasteiger partial charge in [0.2, 0.25) is 0 Å². The zero-order valence-electron chi connectivity index (χ0n) is 14.2. The van der Waals surface area contributed by atoms with Crippen molar-refractivity contribution in [3.05, 3.63) is 77.2 Å². The summed E-state index contributed by atoms with van der Waals surface area (Å²) in [6.07, 6.45) is 3.38. The predicted molar refractivity (Wildman–Crippen MR) is 96.6 cm³/mol. The molecular weight excluding hydrogens is 314 g/mol. The molecule has 3 aromatic rings. The normalized spacial score (nSPS) is 10.3. The molecule has 6 heteroatoms. The van der Waals surface area contributed by atoms with Gasteiger partial charge in [-0.15, -0.1) is 10.2 Å². The Morgan fingerprint density at radius 1 is 0.960 bits per heavy atom. The summed E-state index contributed by atoms with van der Waals surface area (Å²) >= 11 is 0. The van der Waals surface area contributed by atoms with Crippen LogP contribution in [0, 0.1) is 13.8 Å². The zero-order valence-corrected chi connectivity index (χ0v) is 14.2. The molecule has 126 valence electrons. The van der Waals surface area contributed by atoms with Crippen LogP contribution in [0.4, 0.5) is 11.5 Å². The second kappa shape index (κ2) is 7.53. The van der Waals surface area contributed by atoms with Gasteiger partial charge in [0.1, 0.15) is 0 Å². The molecular formula is C19H19N5O. The summed E-state index contributed by atoms with van der Waals surface area (Å²) < 4.78 is 0. The Hall–Kier alpha value is -3.28. The predicted octanol–water partition coefficient (Wildman–Crippen LogP) is 3.16. The van der Waals surface area contributed by atoms with Crippen molar-refractivity contribution < 1.29 is 4.79 Å². The van der Waals surface area contributed by atoms with Gasteiger partial charge < -0.3 is 10.6 Å². The number of pyridine rings is 1. The van der Waals surface area contributed by atoms with E-state index in [1.54, 1.807) is 24.5 Å². The summed E-state index contributed by atoms with van der Waals surface area (Å²) in [4.78, 5) is 16.1. The van der Waals surface area contributed by atoms with E-state index >= 15 is 0 Å². The van der Waals surface area contributed by atoms with E-state index in [1.807, 2.05) is 38.1 Å². The fraction of sp³-hybridized carbons (Fsp3) is 0.158. The molecule has 0 saturated heterocycles. The van der Waals surface area contributed by atoms with Gasteiger partial charge in [-0.2, -0.15) is 0 Å². The van der Waals surface area contributed by atoms with E-state index < -0.39 is 0 Å². The number of aryl methyl sites for hydroxylation is 2. The highest BCUT2D eigenvalue weighted by Gasteiger charge is 2.08. The molecule has 1 aromatic carbocycles. The second-order valence-corrected chi connectivity index (χ2v) is 5.84.